The second kappa shape index (κ2) is 3.88. The molecule has 0 spiro atoms. The van der Waals surface area contributed by atoms with Crippen LogP contribution in [-0.2, 0) is 0 Å². The predicted octanol–water partition coefficient (Wildman–Crippen LogP) is 0.634. The van der Waals surface area contributed by atoms with Crippen molar-refractivity contribution in [3.63, 3.8) is 0 Å². The van der Waals surface area contributed by atoms with Gasteiger partial charge in [0, 0.05) is 7.05 Å². The maximum Gasteiger partial charge on any atom is 0.569 e. The fourth-order valence-electron chi connectivity index (χ4n) is 0.833. The quantitative estimate of drug-likeness (QED) is 0.621. The summed E-state index contributed by atoms with van der Waals surface area (Å²) in [7, 11) is 2.45. The molecule has 0 unspecified atom stereocenters. The van der Waals surface area contributed by atoms with E-state index in [2.05, 4.69) is 5.32 Å². The third-order valence-electron chi connectivity index (χ3n) is 1.34. The lowest BCUT2D eigenvalue weighted by Crippen LogP contribution is -2.02. The van der Waals surface area contributed by atoms with E-state index < -0.39 is 0 Å². The Morgan fingerprint density at radius 3 is 2.82 bits per heavy atom. The van der Waals surface area contributed by atoms with E-state index in [0.717, 1.165) is 5.69 Å². The van der Waals surface area contributed by atoms with Gasteiger partial charge in [0.2, 0.25) is 0 Å². The third kappa shape index (κ3) is 1.88. The van der Waals surface area contributed by atoms with Crippen molar-refractivity contribution in [1.82, 2.24) is 0 Å². The molecule has 0 atom stereocenters. The third-order valence-corrected chi connectivity index (χ3v) is 1.34. The van der Waals surface area contributed by atoms with Gasteiger partial charge in [-0.1, -0.05) is 12.1 Å². The van der Waals surface area contributed by atoms with E-state index >= 15 is 0 Å². The van der Waals surface area contributed by atoms with Crippen LogP contribution in [0.25, 0.3) is 0 Å². The highest BCUT2D eigenvalue weighted by Gasteiger charge is 1.98. The van der Waals surface area contributed by atoms with E-state index in [1.165, 1.54) is 0 Å². The van der Waals surface area contributed by atoms with E-state index in [9.17, 15) is 0 Å². The summed E-state index contributed by atoms with van der Waals surface area (Å²) >= 11 is 0. The van der Waals surface area contributed by atoms with Gasteiger partial charge in [-0.2, -0.15) is 0 Å². The van der Waals surface area contributed by atoms with Crippen LogP contribution in [0.15, 0.2) is 24.3 Å². The summed E-state index contributed by atoms with van der Waals surface area (Å²) < 4.78 is 4.80. The molecule has 2 N–H and O–H groups in total. The monoisotopic (exact) mass is 150 g/mol. The number of hydrogen-bond acceptors (Lipinski definition) is 3. The maximum atomic E-state index is 8.36. The summed E-state index contributed by atoms with van der Waals surface area (Å²) in [5.74, 6) is 0.609. The highest BCUT2D eigenvalue weighted by atomic mass is 16.5. The molecule has 0 bridgehead atoms. The van der Waals surface area contributed by atoms with Crippen molar-refractivity contribution in [2.75, 3.05) is 12.4 Å². The average Bonchev–Trinajstić information content (AvgIpc) is 2.06. The zero-order chi connectivity index (χ0) is 8.10. The topological polar surface area (TPSA) is 41.5 Å². The van der Waals surface area contributed by atoms with Crippen molar-refractivity contribution >= 4 is 13.4 Å². The molecule has 11 heavy (non-hydrogen) atoms. The molecule has 1 rings (SSSR count). The summed E-state index contributed by atoms with van der Waals surface area (Å²) in [5.41, 5.74) is 0.845. The number of para-hydroxylation sites is 2. The highest BCUT2D eigenvalue weighted by molar-refractivity contribution is 6.17. The first-order valence-corrected chi connectivity index (χ1v) is 3.28. The summed E-state index contributed by atoms with van der Waals surface area (Å²) in [4.78, 5) is 0. The average molecular weight is 150 g/mol. The molecule has 0 heterocycles. The Bertz CT molecular complexity index is 229. The van der Waals surface area contributed by atoms with Crippen LogP contribution in [0, 0.1) is 0 Å². The number of rotatable bonds is 3. The van der Waals surface area contributed by atoms with E-state index in [-0.39, 0.29) is 0 Å². The van der Waals surface area contributed by atoms with Gasteiger partial charge in [0.15, 0.2) is 0 Å². The van der Waals surface area contributed by atoms with Gasteiger partial charge in [-0.3, -0.25) is 0 Å². The van der Waals surface area contributed by atoms with Gasteiger partial charge >= 0.3 is 7.69 Å². The Morgan fingerprint density at radius 1 is 1.45 bits per heavy atom. The lowest BCUT2D eigenvalue weighted by molar-refractivity contribution is 0.455. The lowest BCUT2D eigenvalue weighted by Gasteiger charge is -2.07. The van der Waals surface area contributed by atoms with E-state index in [0.29, 0.717) is 13.4 Å². The summed E-state index contributed by atoms with van der Waals surface area (Å²) in [6.45, 7) is 0. The zero-order valence-corrected chi connectivity index (χ0v) is 6.24. The fourth-order valence-corrected chi connectivity index (χ4v) is 0.833. The molecule has 0 saturated carbocycles. The van der Waals surface area contributed by atoms with Gasteiger partial charge in [-0.15, -0.1) is 0 Å². The van der Waals surface area contributed by atoms with Crippen LogP contribution in [-0.4, -0.2) is 19.8 Å². The first kappa shape index (κ1) is 7.95. The number of anilines is 1. The fraction of sp³-hybridized carbons (Fsp3) is 0.143. The Morgan fingerprint density at radius 2 is 2.18 bits per heavy atom. The molecular formula is C7H9BNO2. The van der Waals surface area contributed by atoms with Gasteiger partial charge in [0.1, 0.15) is 5.75 Å². The summed E-state index contributed by atoms with van der Waals surface area (Å²) in [6.07, 6.45) is 0. The van der Waals surface area contributed by atoms with Crippen LogP contribution < -0.4 is 9.97 Å². The van der Waals surface area contributed by atoms with Crippen molar-refractivity contribution in [3.8, 4) is 5.75 Å². The van der Waals surface area contributed by atoms with Crippen LogP contribution >= 0.6 is 0 Å². The molecule has 0 aliphatic heterocycles. The molecule has 1 aromatic carbocycles. The molecule has 0 aromatic heterocycles. The normalized spacial score (nSPS) is 8.91. The van der Waals surface area contributed by atoms with Crippen LogP contribution in [0.1, 0.15) is 0 Å². The van der Waals surface area contributed by atoms with Crippen LogP contribution in [0.2, 0.25) is 0 Å². The molecule has 0 aliphatic carbocycles. The maximum absolute atomic E-state index is 8.36. The minimum atomic E-state index is 0.609. The number of benzene rings is 1. The zero-order valence-electron chi connectivity index (χ0n) is 6.24. The first-order chi connectivity index (χ1) is 5.38. The molecule has 3 nitrogen and oxygen atoms in total. The molecule has 1 radical (unpaired) electrons. The molecule has 4 heteroatoms. The van der Waals surface area contributed by atoms with Crippen molar-refractivity contribution < 1.29 is 9.68 Å². The second-order valence-electron chi connectivity index (χ2n) is 1.97. The minimum absolute atomic E-state index is 0.609. The lowest BCUT2D eigenvalue weighted by atomic mass is 10.3. The first-order valence-electron chi connectivity index (χ1n) is 3.28. The molecule has 1 aromatic rings. The second-order valence-corrected chi connectivity index (χ2v) is 1.97. The Kier molecular flexibility index (Phi) is 2.80. The van der Waals surface area contributed by atoms with Crippen molar-refractivity contribution in [3.05, 3.63) is 24.3 Å². The highest BCUT2D eigenvalue weighted by Crippen LogP contribution is 2.21. The number of hydrogen-bond donors (Lipinski definition) is 2. The Balaban J connectivity index is 2.83. The molecular weight excluding hydrogens is 141 g/mol. The van der Waals surface area contributed by atoms with Crippen molar-refractivity contribution in [2.24, 2.45) is 0 Å². The summed E-state index contributed by atoms with van der Waals surface area (Å²) in [6, 6.07) is 7.34. The van der Waals surface area contributed by atoms with Gasteiger partial charge in [-0.25, -0.2) is 0 Å². The van der Waals surface area contributed by atoms with Gasteiger partial charge in [0.05, 0.1) is 5.69 Å². The van der Waals surface area contributed by atoms with Crippen molar-refractivity contribution in [2.45, 2.75) is 0 Å². The van der Waals surface area contributed by atoms with Crippen LogP contribution in [0.3, 0.4) is 0 Å². The number of nitrogens with one attached hydrogen (secondary N) is 1. The predicted molar refractivity (Wildman–Crippen MR) is 44.6 cm³/mol. The molecule has 0 fully saturated rings. The van der Waals surface area contributed by atoms with Gasteiger partial charge < -0.3 is 15.0 Å². The Labute approximate surface area is 66.3 Å². The van der Waals surface area contributed by atoms with Gasteiger partial charge in [0.25, 0.3) is 0 Å². The van der Waals surface area contributed by atoms with E-state index in [1.54, 1.807) is 13.1 Å². The van der Waals surface area contributed by atoms with E-state index in [1.807, 2.05) is 18.2 Å². The van der Waals surface area contributed by atoms with E-state index in [4.69, 9.17) is 9.68 Å². The molecule has 0 saturated heterocycles. The molecule has 0 amide bonds. The van der Waals surface area contributed by atoms with Crippen LogP contribution in [0.5, 0.6) is 5.75 Å². The Hall–Kier alpha value is -1.16. The largest absolute Gasteiger partial charge is 0.569 e. The SMILES string of the molecule is CNc1ccccc1O[B]O. The summed E-state index contributed by atoms with van der Waals surface area (Å²) in [5, 5.41) is 11.3. The molecule has 57 valence electrons. The molecule has 0 aliphatic rings. The smallest absolute Gasteiger partial charge is 0.536 e. The van der Waals surface area contributed by atoms with Crippen LogP contribution in [0.4, 0.5) is 5.69 Å². The van der Waals surface area contributed by atoms with Crippen molar-refractivity contribution in [1.29, 1.82) is 0 Å². The minimum Gasteiger partial charge on any atom is -0.536 e. The standard InChI is InChI=1S/C7H9BNO2/c1-9-6-4-2-3-5-7(6)11-8-10/h2-5,9-10H,1H3. The van der Waals surface area contributed by atoms with Gasteiger partial charge in [-0.05, 0) is 12.1 Å².